The summed E-state index contributed by atoms with van der Waals surface area (Å²) in [6.45, 7) is 7.04. The van der Waals surface area contributed by atoms with Gasteiger partial charge in [-0.25, -0.2) is 0 Å². The molecule has 0 aliphatic rings. The van der Waals surface area contributed by atoms with Gasteiger partial charge in [-0.1, -0.05) is 13.8 Å². The second-order valence-electron chi connectivity index (χ2n) is 4.70. The normalized spacial score (nSPS) is 11.5. The van der Waals surface area contributed by atoms with Crippen LogP contribution in [0, 0.1) is 12.3 Å². The largest absolute Gasteiger partial charge is 0.481 e. The van der Waals surface area contributed by atoms with E-state index in [4.69, 9.17) is 0 Å². The van der Waals surface area contributed by atoms with Crippen molar-refractivity contribution in [3.63, 3.8) is 0 Å². The van der Waals surface area contributed by atoms with Crippen LogP contribution in [0.3, 0.4) is 0 Å². The smallest absolute Gasteiger partial charge is 0.310 e. The molecule has 0 radical (unpaired) electrons. The Labute approximate surface area is 108 Å². The van der Waals surface area contributed by atoms with Crippen LogP contribution in [0.2, 0.25) is 0 Å². The van der Waals surface area contributed by atoms with E-state index in [-0.39, 0.29) is 0 Å². The highest BCUT2D eigenvalue weighted by Crippen LogP contribution is 2.25. The highest BCUT2D eigenvalue weighted by atomic mass is 16.4. The van der Waals surface area contributed by atoms with Crippen molar-refractivity contribution in [2.75, 3.05) is 6.54 Å². The quantitative estimate of drug-likeness (QED) is 0.780. The second kappa shape index (κ2) is 6.50. The molecule has 0 unspecified atom stereocenters. The Morgan fingerprint density at radius 1 is 1.44 bits per heavy atom. The number of nitrogens with one attached hydrogen (secondary N) is 1. The summed E-state index contributed by atoms with van der Waals surface area (Å²) in [7, 11) is 0. The maximum absolute atomic E-state index is 11.3. The minimum absolute atomic E-state index is 0.497. The highest BCUT2D eigenvalue weighted by molar-refractivity contribution is 5.74. The summed E-state index contributed by atoms with van der Waals surface area (Å²) in [5.41, 5.74) is 1.64. The number of hydrogen-bond donors (Lipinski definition) is 2. The lowest BCUT2D eigenvalue weighted by Gasteiger charge is -2.27. The molecule has 1 aromatic heterocycles. The lowest BCUT2D eigenvalue weighted by Crippen LogP contribution is -2.40. The van der Waals surface area contributed by atoms with Gasteiger partial charge in [0.1, 0.15) is 0 Å². The summed E-state index contributed by atoms with van der Waals surface area (Å²) in [4.78, 5) is 15.4. The molecule has 2 N–H and O–H groups in total. The molecule has 0 aromatic carbocycles. The average Bonchev–Trinajstić information content (AvgIpc) is 2.37. The highest BCUT2D eigenvalue weighted by Gasteiger charge is 2.34. The van der Waals surface area contributed by atoms with E-state index in [0.717, 1.165) is 11.1 Å². The van der Waals surface area contributed by atoms with Crippen molar-refractivity contribution in [3.8, 4) is 0 Å². The van der Waals surface area contributed by atoms with Gasteiger partial charge in [0.2, 0.25) is 0 Å². The van der Waals surface area contributed by atoms with Crippen molar-refractivity contribution in [2.45, 2.75) is 40.2 Å². The fourth-order valence-corrected chi connectivity index (χ4v) is 2.02. The van der Waals surface area contributed by atoms with Gasteiger partial charge in [-0.05, 0) is 37.0 Å². The molecular formula is C14H22N2O2. The van der Waals surface area contributed by atoms with Crippen molar-refractivity contribution in [1.82, 2.24) is 10.3 Å². The Balaban J connectivity index is 2.60. The van der Waals surface area contributed by atoms with Crippen molar-refractivity contribution in [3.05, 3.63) is 29.6 Å². The third-order valence-corrected chi connectivity index (χ3v) is 3.72. The van der Waals surface area contributed by atoms with E-state index in [9.17, 15) is 9.90 Å². The van der Waals surface area contributed by atoms with Crippen LogP contribution in [-0.2, 0) is 11.3 Å². The number of carbonyl (C=O) groups is 1. The van der Waals surface area contributed by atoms with Crippen LogP contribution < -0.4 is 5.32 Å². The van der Waals surface area contributed by atoms with Gasteiger partial charge in [0.25, 0.3) is 0 Å². The lowest BCUT2D eigenvalue weighted by molar-refractivity contribution is -0.149. The Hall–Kier alpha value is -1.42. The molecule has 0 saturated carbocycles. The van der Waals surface area contributed by atoms with Gasteiger partial charge in [0, 0.05) is 25.5 Å². The molecule has 0 aliphatic heterocycles. The van der Waals surface area contributed by atoms with Gasteiger partial charge < -0.3 is 10.4 Å². The Morgan fingerprint density at radius 3 is 2.61 bits per heavy atom. The Morgan fingerprint density at radius 2 is 2.11 bits per heavy atom. The minimum Gasteiger partial charge on any atom is -0.481 e. The zero-order valence-electron chi connectivity index (χ0n) is 11.4. The SMILES string of the molecule is CCC(CC)(CNCc1ccncc1C)C(=O)O. The Bertz CT molecular complexity index is 401. The second-order valence-corrected chi connectivity index (χ2v) is 4.70. The first-order valence-corrected chi connectivity index (χ1v) is 6.39. The zero-order valence-corrected chi connectivity index (χ0v) is 11.4. The van der Waals surface area contributed by atoms with Crippen LogP contribution in [0.1, 0.15) is 37.8 Å². The number of aliphatic carboxylic acids is 1. The van der Waals surface area contributed by atoms with E-state index < -0.39 is 11.4 Å². The van der Waals surface area contributed by atoms with E-state index >= 15 is 0 Å². The van der Waals surface area contributed by atoms with Crippen molar-refractivity contribution in [1.29, 1.82) is 0 Å². The number of aryl methyl sites for hydroxylation is 1. The molecule has 0 spiro atoms. The first-order valence-electron chi connectivity index (χ1n) is 6.39. The van der Waals surface area contributed by atoms with Crippen LogP contribution in [-0.4, -0.2) is 22.6 Å². The first-order chi connectivity index (χ1) is 8.55. The van der Waals surface area contributed by atoms with Crippen LogP contribution in [0.4, 0.5) is 0 Å². The van der Waals surface area contributed by atoms with Gasteiger partial charge in [0.05, 0.1) is 5.41 Å². The van der Waals surface area contributed by atoms with Crippen LogP contribution in [0.15, 0.2) is 18.5 Å². The first kappa shape index (κ1) is 14.6. The summed E-state index contributed by atoms with van der Waals surface area (Å²) in [6, 6.07) is 1.96. The third kappa shape index (κ3) is 3.29. The molecule has 18 heavy (non-hydrogen) atoms. The van der Waals surface area contributed by atoms with Gasteiger partial charge in [-0.15, -0.1) is 0 Å². The van der Waals surface area contributed by atoms with Crippen LogP contribution in [0.25, 0.3) is 0 Å². The zero-order chi connectivity index (χ0) is 13.6. The molecule has 100 valence electrons. The van der Waals surface area contributed by atoms with E-state index in [1.807, 2.05) is 33.0 Å². The van der Waals surface area contributed by atoms with Crippen molar-refractivity contribution < 1.29 is 9.90 Å². The Kier molecular flexibility index (Phi) is 5.28. The molecule has 1 heterocycles. The lowest BCUT2D eigenvalue weighted by atomic mass is 9.82. The molecule has 0 saturated heterocycles. The maximum Gasteiger partial charge on any atom is 0.310 e. The summed E-state index contributed by atoms with van der Waals surface area (Å²) < 4.78 is 0. The number of rotatable bonds is 7. The van der Waals surface area contributed by atoms with E-state index in [0.29, 0.717) is 25.9 Å². The third-order valence-electron chi connectivity index (χ3n) is 3.72. The summed E-state index contributed by atoms with van der Waals surface area (Å²) in [5, 5.41) is 12.6. The van der Waals surface area contributed by atoms with Crippen molar-refractivity contribution >= 4 is 5.97 Å². The predicted octanol–water partition coefficient (Wildman–Crippen LogP) is 2.37. The topological polar surface area (TPSA) is 62.2 Å². The molecule has 0 atom stereocenters. The van der Waals surface area contributed by atoms with E-state index in [1.165, 1.54) is 0 Å². The number of pyridine rings is 1. The monoisotopic (exact) mass is 250 g/mol. The molecular weight excluding hydrogens is 228 g/mol. The molecule has 4 heteroatoms. The van der Waals surface area contributed by atoms with Gasteiger partial charge >= 0.3 is 5.97 Å². The minimum atomic E-state index is -0.716. The molecule has 0 bridgehead atoms. The van der Waals surface area contributed by atoms with E-state index in [1.54, 1.807) is 6.20 Å². The number of nitrogens with zero attached hydrogens (tertiary/aromatic N) is 1. The summed E-state index contributed by atoms with van der Waals surface area (Å²) >= 11 is 0. The molecule has 0 fully saturated rings. The van der Waals surface area contributed by atoms with Crippen LogP contribution >= 0.6 is 0 Å². The van der Waals surface area contributed by atoms with Gasteiger partial charge in [-0.2, -0.15) is 0 Å². The fourth-order valence-electron chi connectivity index (χ4n) is 2.02. The molecule has 0 amide bonds. The van der Waals surface area contributed by atoms with Crippen molar-refractivity contribution in [2.24, 2.45) is 5.41 Å². The van der Waals surface area contributed by atoms with Gasteiger partial charge in [-0.3, -0.25) is 9.78 Å². The molecule has 0 aliphatic carbocycles. The maximum atomic E-state index is 11.3. The van der Waals surface area contributed by atoms with E-state index in [2.05, 4.69) is 10.3 Å². The average molecular weight is 250 g/mol. The molecule has 1 aromatic rings. The summed E-state index contributed by atoms with van der Waals surface area (Å²) in [5.74, 6) is -0.716. The molecule has 1 rings (SSSR count). The fraction of sp³-hybridized carbons (Fsp3) is 0.571. The number of carboxylic acids is 1. The molecule has 4 nitrogen and oxygen atoms in total. The van der Waals surface area contributed by atoms with Gasteiger partial charge in [0.15, 0.2) is 0 Å². The van der Waals surface area contributed by atoms with Crippen LogP contribution in [0.5, 0.6) is 0 Å². The summed E-state index contributed by atoms with van der Waals surface area (Å²) in [6.07, 6.45) is 4.86. The standard InChI is InChI=1S/C14H22N2O2/c1-4-14(5-2,13(17)18)10-16-9-12-6-7-15-8-11(12)3/h6-8,16H,4-5,9-10H2,1-3H3,(H,17,18). The number of aromatic nitrogens is 1. The number of carboxylic acid groups (broad SMARTS) is 1. The number of hydrogen-bond acceptors (Lipinski definition) is 3. The predicted molar refractivity (Wildman–Crippen MR) is 71.3 cm³/mol.